The van der Waals surface area contributed by atoms with Crippen molar-refractivity contribution in [3.05, 3.63) is 30.3 Å². The molecule has 0 spiro atoms. The van der Waals surface area contributed by atoms with E-state index in [1.807, 2.05) is 30.3 Å². The second-order valence-electron chi connectivity index (χ2n) is 3.53. The summed E-state index contributed by atoms with van der Waals surface area (Å²) in [5, 5.41) is 2.96. The molecule has 100 valence electrons. The zero-order valence-electron chi connectivity index (χ0n) is 10.1. The summed E-state index contributed by atoms with van der Waals surface area (Å²) in [6, 6.07) is 9.38. The van der Waals surface area contributed by atoms with Gasteiger partial charge in [0.15, 0.2) is 0 Å². The van der Waals surface area contributed by atoms with Gasteiger partial charge < -0.3 is 5.32 Å². The maximum Gasteiger partial charge on any atom is 0.210 e. The van der Waals surface area contributed by atoms with Gasteiger partial charge >= 0.3 is 0 Å². The lowest BCUT2D eigenvalue weighted by Crippen LogP contribution is -2.37. The summed E-state index contributed by atoms with van der Waals surface area (Å²) in [5.74, 6) is 5.68. The molecule has 0 unspecified atom stereocenters. The molecule has 0 aliphatic rings. The molecule has 0 aliphatic carbocycles. The van der Waals surface area contributed by atoms with Crippen molar-refractivity contribution < 1.29 is 8.42 Å². The number of hydrogen-bond donors (Lipinski definition) is 4. The highest BCUT2D eigenvalue weighted by molar-refractivity contribution is 7.88. The van der Waals surface area contributed by atoms with Crippen LogP contribution in [0.25, 0.3) is 0 Å². The van der Waals surface area contributed by atoms with Crippen molar-refractivity contribution in [3.8, 4) is 0 Å². The number of aliphatic imine (C=N–C) groups is 1. The Labute approximate surface area is 107 Å². The molecule has 18 heavy (non-hydrogen) atoms. The van der Waals surface area contributed by atoms with E-state index in [1.54, 1.807) is 0 Å². The zero-order valence-corrected chi connectivity index (χ0v) is 10.9. The number of sulfonamides is 1. The molecule has 0 atom stereocenters. The van der Waals surface area contributed by atoms with Gasteiger partial charge in [0.2, 0.25) is 16.0 Å². The van der Waals surface area contributed by atoms with E-state index in [0.717, 1.165) is 11.9 Å². The molecule has 1 aromatic carbocycles. The first-order valence-corrected chi connectivity index (χ1v) is 7.18. The monoisotopic (exact) mass is 271 g/mol. The Balaban J connectivity index is 2.46. The van der Waals surface area contributed by atoms with Gasteiger partial charge in [-0.3, -0.25) is 10.4 Å². The van der Waals surface area contributed by atoms with Crippen LogP contribution < -0.4 is 21.3 Å². The Morgan fingerprint density at radius 3 is 2.56 bits per heavy atom. The second-order valence-corrected chi connectivity index (χ2v) is 5.37. The third-order valence-corrected chi connectivity index (χ3v) is 2.65. The Kier molecular flexibility index (Phi) is 5.56. The molecule has 0 saturated carbocycles. The van der Waals surface area contributed by atoms with Gasteiger partial charge in [-0.1, -0.05) is 18.2 Å². The fraction of sp³-hybridized carbons (Fsp3) is 0.300. The molecule has 0 heterocycles. The lowest BCUT2D eigenvalue weighted by Gasteiger charge is -2.08. The minimum absolute atomic E-state index is 0.223. The highest BCUT2D eigenvalue weighted by atomic mass is 32.2. The van der Waals surface area contributed by atoms with E-state index in [4.69, 9.17) is 5.84 Å². The van der Waals surface area contributed by atoms with Gasteiger partial charge in [-0.05, 0) is 12.1 Å². The van der Waals surface area contributed by atoms with Crippen molar-refractivity contribution in [2.75, 3.05) is 24.7 Å². The van der Waals surface area contributed by atoms with Gasteiger partial charge in [0, 0.05) is 12.2 Å². The molecule has 5 N–H and O–H groups in total. The maximum atomic E-state index is 10.8. The highest BCUT2D eigenvalue weighted by Gasteiger charge is 1.99. The van der Waals surface area contributed by atoms with Gasteiger partial charge in [-0.25, -0.2) is 19.0 Å². The van der Waals surface area contributed by atoms with Crippen molar-refractivity contribution in [2.45, 2.75) is 0 Å². The molecule has 0 saturated heterocycles. The summed E-state index contributed by atoms with van der Waals surface area (Å²) in [6.45, 7) is 0.507. The van der Waals surface area contributed by atoms with Gasteiger partial charge in [-0.2, -0.15) is 0 Å². The normalized spacial score (nSPS) is 12.2. The quantitative estimate of drug-likeness (QED) is 0.189. The van der Waals surface area contributed by atoms with E-state index in [2.05, 4.69) is 20.5 Å². The number of rotatable bonds is 5. The number of nitrogens with two attached hydrogens (primary N) is 1. The molecule has 0 radical (unpaired) electrons. The van der Waals surface area contributed by atoms with E-state index in [1.165, 1.54) is 0 Å². The Bertz CT molecular complexity index is 486. The van der Waals surface area contributed by atoms with Crippen LogP contribution in [0.5, 0.6) is 0 Å². The van der Waals surface area contributed by atoms with E-state index in [-0.39, 0.29) is 13.1 Å². The standard InChI is InChI=1S/C10H17N5O2S/c1-18(16,17)13-8-7-12-10(15-11)14-9-5-3-2-4-6-9/h2-6,13H,7-8,11H2,1H3,(H2,12,14,15). The van der Waals surface area contributed by atoms with E-state index < -0.39 is 10.0 Å². The molecule has 0 amide bonds. The first-order chi connectivity index (χ1) is 8.51. The fourth-order valence-corrected chi connectivity index (χ4v) is 1.64. The molecule has 1 rings (SSSR count). The number of nitrogens with zero attached hydrogens (tertiary/aromatic N) is 1. The number of benzene rings is 1. The molecular weight excluding hydrogens is 254 g/mol. The third kappa shape index (κ3) is 6.18. The average molecular weight is 271 g/mol. The first kappa shape index (κ1) is 14.4. The van der Waals surface area contributed by atoms with Gasteiger partial charge in [0.25, 0.3) is 0 Å². The number of hydrazine groups is 1. The smallest absolute Gasteiger partial charge is 0.210 e. The Morgan fingerprint density at radius 2 is 2.00 bits per heavy atom. The van der Waals surface area contributed by atoms with Crippen LogP contribution >= 0.6 is 0 Å². The first-order valence-electron chi connectivity index (χ1n) is 5.29. The van der Waals surface area contributed by atoms with E-state index in [9.17, 15) is 8.42 Å². The van der Waals surface area contributed by atoms with Crippen molar-refractivity contribution >= 4 is 21.7 Å². The topological polar surface area (TPSA) is 109 Å². The number of guanidine groups is 1. The molecule has 0 aliphatic heterocycles. The van der Waals surface area contributed by atoms with Crippen molar-refractivity contribution in [1.29, 1.82) is 0 Å². The van der Waals surface area contributed by atoms with Crippen LogP contribution in [-0.2, 0) is 10.0 Å². The summed E-state index contributed by atoms with van der Waals surface area (Å²) < 4.78 is 24.0. The molecule has 0 aromatic heterocycles. The van der Waals surface area contributed by atoms with Gasteiger partial charge in [-0.15, -0.1) is 0 Å². The number of para-hydroxylation sites is 1. The molecular formula is C10H17N5O2S. The van der Waals surface area contributed by atoms with Crippen molar-refractivity contribution in [2.24, 2.45) is 10.8 Å². The second kappa shape index (κ2) is 6.94. The lowest BCUT2D eigenvalue weighted by molar-refractivity contribution is 0.588. The van der Waals surface area contributed by atoms with Crippen LogP contribution in [0.15, 0.2) is 35.3 Å². The summed E-state index contributed by atoms with van der Waals surface area (Å²) in [5.41, 5.74) is 3.25. The van der Waals surface area contributed by atoms with Crippen molar-refractivity contribution in [3.63, 3.8) is 0 Å². The summed E-state index contributed by atoms with van der Waals surface area (Å²) in [7, 11) is -3.18. The van der Waals surface area contributed by atoms with Gasteiger partial charge in [0.05, 0.1) is 12.8 Å². The van der Waals surface area contributed by atoms with Crippen LogP contribution in [0, 0.1) is 0 Å². The lowest BCUT2D eigenvalue weighted by atomic mass is 10.3. The number of anilines is 1. The SMILES string of the molecule is CS(=O)(=O)NCCN=C(NN)Nc1ccccc1. The number of hydrogen-bond acceptors (Lipinski definition) is 4. The minimum Gasteiger partial charge on any atom is -0.325 e. The predicted octanol–water partition coefficient (Wildman–Crippen LogP) is -0.533. The molecule has 0 bridgehead atoms. The number of nitrogens with one attached hydrogen (secondary N) is 3. The summed E-state index contributed by atoms with van der Waals surface area (Å²) in [4.78, 5) is 4.08. The zero-order chi connectivity index (χ0) is 13.4. The van der Waals surface area contributed by atoms with Crippen LogP contribution in [0.3, 0.4) is 0 Å². The van der Waals surface area contributed by atoms with E-state index in [0.29, 0.717) is 5.96 Å². The van der Waals surface area contributed by atoms with Gasteiger partial charge in [0.1, 0.15) is 0 Å². The maximum absolute atomic E-state index is 10.8. The Morgan fingerprint density at radius 1 is 1.33 bits per heavy atom. The molecule has 8 heteroatoms. The minimum atomic E-state index is -3.18. The fourth-order valence-electron chi connectivity index (χ4n) is 1.18. The van der Waals surface area contributed by atoms with Crippen molar-refractivity contribution in [1.82, 2.24) is 10.1 Å². The summed E-state index contributed by atoms with van der Waals surface area (Å²) in [6.07, 6.45) is 1.10. The van der Waals surface area contributed by atoms with Crippen LogP contribution in [0.2, 0.25) is 0 Å². The largest absolute Gasteiger partial charge is 0.325 e. The van der Waals surface area contributed by atoms with E-state index >= 15 is 0 Å². The highest BCUT2D eigenvalue weighted by Crippen LogP contribution is 2.03. The summed E-state index contributed by atoms with van der Waals surface area (Å²) >= 11 is 0. The van der Waals surface area contributed by atoms with Crippen LogP contribution in [0.1, 0.15) is 0 Å². The molecule has 7 nitrogen and oxygen atoms in total. The average Bonchev–Trinajstić information content (AvgIpc) is 2.33. The third-order valence-electron chi connectivity index (χ3n) is 1.92. The molecule has 1 aromatic rings. The predicted molar refractivity (Wildman–Crippen MR) is 72.5 cm³/mol. The van der Waals surface area contributed by atoms with Crippen LogP contribution in [-0.4, -0.2) is 33.7 Å². The Hall–Kier alpha value is -1.64. The molecule has 0 fully saturated rings. The van der Waals surface area contributed by atoms with Crippen LogP contribution in [0.4, 0.5) is 5.69 Å².